The molecular formula is C28H26N2O5. The molecule has 3 aromatic carbocycles. The lowest BCUT2D eigenvalue weighted by Gasteiger charge is -2.25. The minimum atomic E-state index is -0.704. The van der Waals surface area contributed by atoms with Gasteiger partial charge in [0, 0.05) is 11.1 Å². The van der Waals surface area contributed by atoms with Gasteiger partial charge in [0.25, 0.3) is 5.91 Å². The van der Waals surface area contributed by atoms with Crippen molar-refractivity contribution in [2.24, 2.45) is 17.8 Å². The van der Waals surface area contributed by atoms with Crippen molar-refractivity contribution < 1.29 is 23.9 Å². The Labute approximate surface area is 203 Å². The third-order valence-corrected chi connectivity index (χ3v) is 6.93. The summed E-state index contributed by atoms with van der Waals surface area (Å²) in [5.41, 5.74) is 1.16. The van der Waals surface area contributed by atoms with Gasteiger partial charge in [0.15, 0.2) is 6.61 Å². The largest absolute Gasteiger partial charge is 0.452 e. The number of anilines is 2. The Balaban J connectivity index is 1.25. The van der Waals surface area contributed by atoms with Gasteiger partial charge in [0.1, 0.15) is 0 Å². The van der Waals surface area contributed by atoms with Crippen LogP contribution in [0, 0.1) is 17.8 Å². The van der Waals surface area contributed by atoms with Crippen molar-refractivity contribution in [3.63, 3.8) is 0 Å². The fourth-order valence-corrected chi connectivity index (χ4v) is 5.15. The van der Waals surface area contributed by atoms with Crippen LogP contribution in [-0.2, 0) is 19.1 Å². The highest BCUT2D eigenvalue weighted by Crippen LogP contribution is 2.42. The Kier molecular flexibility index (Phi) is 6.07. The number of ether oxygens (including phenoxy) is 1. The van der Waals surface area contributed by atoms with E-state index in [1.54, 1.807) is 18.2 Å². The first-order valence-corrected chi connectivity index (χ1v) is 11.8. The molecule has 1 saturated heterocycles. The van der Waals surface area contributed by atoms with E-state index in [1.807, 2.05) is 36.4 Å². The molecular weight excluding hydrogens is 444 g/mol. The molecule has 35 heavy (non-hydrogen) atoms. The van der Waals surface area contributed by atoms with Crippen molar-refractivity contribution in [3.8, 4) is 0 Å². The van der Waals surface area contributed by atoms with Crippen molar-refractivity contribution in [2.75, 3.05) is 16.8 Å². The number of nitrogens with one attached hydrogen (secondary N) is 1. The highest BCUT2D eigenvalue weighted by Gasteiger charge is 2.50. The molecule has 0 aromatic heterocycles. The van der Waals surface area contributed by atoms with Crippen LogP contribution in [0.5, 0.6) is 0 Å². The molecule has 1 N–H and O–H groups in total. The molecule has 0 unspecified atom stereocenters. The number of benzene rings is 3. The van der Waals surface area contributed by atoms with Gasteiger partial charge in [-0.3, -0.25) is 19.3 Å². The Morgan fingerprint density at radius 2 is 1.69 bits per heavy atom. The minimum Gasteiger partial charge on any atom is -0.452 e. The molecule has 1 heterocycles. The molecule has 0 bridgehead atoms. The Morgan fingerprint density at radius 1 is 0.943 bits per heavy atom. The molecule has 1 aliphatic carbocycles. The van der Waals surface area contributed by atoms with Gasteiger partial charge < -0.3 is 10.1 Å². The SMILES string of the molecule is C[C@@H]1CC[C@H]2C(=O)N(c3cccc(C(=O)OCC(=O)Nc4cccc5ccccc45)c3)C(=O)[C@H]2C1. The highest BCUT2D eigenvalue weighted by molar-refractivity contribution is 6.22. The smallest absolute Gasteiger partial charge is 0.338 e. The van der Waals surface area contributed by atoms with Crippen LogP contribution in [0.25, 0.3) is 10.8 Å². The van der Waals surface area contributed by atoms with E-state index in [0.29, 0.717) is 30.1 Å². The Hall–Kier alpha value is -4.00. The molecule has 5 rings (SSSR count). The molecule has 3 aromatic rings. The van der Waals surface area contributed by atoms with Gasteiger partial charge in [0.2, 0.25) is 11.8 Å². The fraction of sp³-hybridized carbons (Fsp3) is 0.286. The second-order valence-corrected chi connectivity index (χ2v) is 9.34. The molecule has 1 aliphatic heterocycles. The molecule has 2 aliphatic rings. The summed E-state index contributed by atoms with van der Waals surface area (Å²) in [4.78, 5) is 52.2. The normalized spacial score (nSPS) is 21.6. The summed E-state index contributed by atoms with van der Waals surface area (Å²) in [6, 6.07) is 19.5. The van der Waals surface area contributed by atoms with E-state index in [0.717, 1.165) is 17.2 Å². The first-order valence-electron chi connectivity index (χ1n) is 11.8. The summed E-state index contributed by atoms with van der Waals surface area (Å²) in [7, 11) is 0. The standard InChI is InChI=1S/C28H26N2O5/c1-17-12-13-22-23(14-17)27(33)30(26(22)32)20-9-4-8-19(15-20)28(34)35-16-25(31)29-24-11-5-7-18-6-2-3-10-21(18)24/h2-11,15,17,22-23H,12-14,16H2,1H3,(H,29,31)/t17-,22-,23+/m1/s1. The number of hydrogen-bond donors (Lipinski definition) is 1. The van der Waals surface area contributed by atoms with Crippen molar-refractivity contribution in [1.29, 1.82) is 0 Å². The number of rotatable bonds is 5. The van der Waals surface area contributed by atoms with Gasteiger partial charge in [-0.2, -0.15) is 0 Å². The maximum absolute atomic E-state index is 13.0. The molecule has 178 valence electrons. The van der Waals surface area contributed by atoms with Crippen molar-refractivity contribution in [3.05, 3.63) is 72.3 Å². The van der Waals surface area contributed by atoms with Crippen LogP contribution in [0.15, 0.2) is 66.7 Å². The summed E-state index contributed by atoms with van der Waals surface area (Å²) in [5, 5.41) is 4.65. The first-order chi connectivity index (χ1) is 16.9. The second-order valence-electron chi connectivity index (χ2n) is 9.34. The van der Waals surface area contributed by atoms with Crippen molar-refractivity contribution >= 4 is 45.8 Å². The Bertz CT molecular complexity index is 1330. The van der Waals surface area contributed by atoms with Crippen LogP contribution in [-0.4, -0.2) is 30.3 Å². The molecule has 7 nitrogen and oxygen atoms in total. The molecule has 3 amide bonds. The van der Waals surface area contributed by atoms with Crippen LogP contribution in [0.3, 0.4) is 0 Å². The third kappa shape index (κ3) is 4.41. The molecule has 1 saturated carbocycles. The zero-order valence-electron chi connectivity index (χ0n) is 19.4. The molecule has 3 atom stereocenters. The number of carbonyl (C=O) groups excluding carboxylic acids is 4. The van der Waals surface area contributed by atoms with E-state index in [1.165, 1.54) is 17.0 Å². The third-order valence-electron chi connectivity index (χ3n) is 6.93. The second kappa shape index (κ2) is 9.33. The zero-order valence-corrected chi connectivity index (χ0v) is 19.4. The molecule has 0 spiro atoms. The van der Waals surface area contributed by atoms with Gasteiger partial charge in [-0.15, -0.1) is 0 Å². The van der Waals surface area contributed by atoms with Gasteiger partial charge in [0.05, 0.1) is 23.1 Å². The lowest BCUT2D eigenvalue weighted by Crippen LogP contribution is -2.31. The molecule has 2 fully saturated rings. The summed E-state index contributed by atoms with van der Waals surface area (Å²) in [5.74, 6) is -1.74. The predicted octanol–water partition coefficient (Wildman–Crippen LogP) is 4.56. The summed E-state index contributed by atoms with van der Waals surface area (Å²) in [6.07, 6.45) is 2.35. The number of hydrogen-bond acceptors (Lipinski definition) is 5. The van der Waals surface area contributed by atoms with E-state index in [-0.39, 0.29) is 29.2 Å². The monoisotopic (exact) mass is 470 g/mol. The van der Waals surface area contributed by atoms with Crippen LogP contribution in [0.4, 0.5) is 11.4 Å². The number of esters is 1. The van der Waals surface area contributed by atoms with Gasteiger partial charge in [-0.1, -0.05) is 49.4 Å². The van der Waals surface area contributed by atoms with E-state index in [9.17, 15) is 19.2 Å². The van der Waals surface area contributed by atoms with Gasteiger partial charge in [-0.25, -0.2) is 4.79 Å². The van der Waals surface area contributed by atoms with Gasteiger partial charge in [-0.05, 0) is 54.8 Å². The highest BCUT2D eigenvalue weighted by atomic mass is 16.5. The number of fused-ring (bicyclic) bond motifs is 2. The molecule has 7 heteroatoms. The van der Waals surface area contributed by atoms with E-state index in [2.05, 4.69) is 12.2 Å². The number of amides is 3. The number of imide groups is 1. The quantitative estimate of drug-likeness (QED) is 0.436. The lowest BCUT2D eigenvalue weighted by molar-refractivity contribution is -0.122. The van der Waals surface area contributed by atoms with Crippen LogP contribution in [0.2, 0.25) is 0 Å². The molecule has 0 radical (unpaired) electrons. The maximum Gasteiger partial charge on any atom is 0.338 e. The summed E-state index contributed by atoms with van der Waals surface area (Å²) in [6.45, 7) is 1.64. The number of nitrogens with zero attached hydrogens (tertiary/aromatic N) is 1. The van der Waals surface area contributed by atoms with E-state index >= 15 is 0 Å². The van der Waals surface area contributed by atoms with Crippen molar-refractivity contribution in [2.45, 2.75) is 26.2 Å². The average molecular weight is 471 g/mol. The maximum atomic E-state index is 13.0. The van der Waals surface area contributed by atoms with Gasteiger partial charge >= 0.3 is 5.97 Å². The lowest BCUT2D eigenvalue weighted by atomic mass is 9.76. The van der Waals surface area contributed by atoms with Crippen LogP contribution in [0.1, 0.15) is 36.5 Å². The summed E-state index contributed by atoms with van der Waals surface area (Å²) >= 11 is 0. The fourth-order valence-electron chi connectivity index (χ4n) is 5.15. The topological polar surface area (TPSA) is 92.8 Å². The van der Waals surface area contributed by atoms with Crippen LogP contribution < -0.4 is 10.2 Å². The van der Waals surface area contributed by atoms with Crippen LogP contribution >= 0.6 is 0 Å². The Morgan fingerprint density at radius 3 is 2.54 bits per heavy atom. The number of carbonyl (C=O) groups is 4. The zero-order chi connectivity index (χ0) is 24.5. The minimum absolute atomic E-state index is 0.171. The predicted molar refractivity (Wildman–Crippen MR) is 132 cm³/mol. The van der Waals surface area contributed by atoms with E-state index < -0.39 is 18.5 Å². The van der Waals surface area contributed by atoms with E-state index in [4.69, 9.17) is 4.74 Å². The van der Waals surface area contributed by atoms with Crippen molar-refractivity contribution in [1.82, 2.24) is 0 Å². The first kappa shape index (κ1) is 22.8. The summed E-state index contributed by atoms with van der Waals surface area (Å²) < 4.78 is 5.21. The average Bonchev–Trinajstić information content (AvgIpc) is 3.11.